The number of nitrogens with one attached hydrogen (secondary N) is 1. The number of guanidine groups is 1. The molecule has 0 saturated heterocycles. The molecule has 0 aliphatic heterocycles. The van der Waals surface area contributed by atoms with Crippen LogP contribution in [0.5, 0.6) is 0 Å². The zero-order valence-corrected chi connectivity index (χ0v) is 12.0. The Bertz CT molecular complexity index is 167. The highest BCUT2D eigenvalue weighted by atomic mass is 127. The Labute approximate surface area is 109 Å². The van der Waals surface area contributed by atoms with Gasteiger partial charge in [0, 0.05) is 19.8 Å². The first-order valence-electron chi connectivity index (χ1n) is 4.83. The molecule has 0 bridgehead atoms. The molecular formula is C9H22IN3O2. The smallest absolute Gasteiger partial charge is 0.188 e. The number of hydrogen-bond acceptors (Lipinski definition) is 3. The van der Waals surface area contributed by atoms with Gasteiger partial charge in [0.05, 0.1) is 19.8 Å². The molecule has 0 aromatic carbocycles. The predicted molar refractivity (Wildman–Crippen MR) is 72.9 cm³/mol. The van der Waals surface area contributed by atoms with Crippen LogP contribution in [0.25, 0.3) is 0 Å². The molecule has 0 fully saturated rings. The number of halogens is 1. The molecule has 3 N–H and O–H groups in total. The van der Waals surface area contributed by atoms with Crippen LogP contribution in [-0.2, 0) is 9.47 Å². The maximum atomic E-state index is 5.61. The molecule has 0 aromatic heterocycles. The molecule has 0 saturated carbocycles. The second-order valence-electron chi connectivity index (χ2n) is 2.96. The number of nitrogens with zero attached hydrogens (tertiary/aromatic N) is 1. The van der Waals surface area contributed by atoms with Crippen molar-refractivity contribution in [3.63, 3.8) is 0 Å². The van der Waals surface area contributed by atoms with Crippen molar-refractivity contribution in [2.24, 2.45) is 10.7 Å². The molecule has 0 heterocycles. The van der Waals surface area contributed by atoms with Gasteiger partial charge in [0.15, 0.2) is 5.96 Å². The van der Waals surface area contributed by atoms with Crippen molar-refractivity contribution in [1.82, 2.24) is 5.32 Å². The van der Waals surface area contributed by atoms with Crippen molar-refractivity contribution < 1.29 is 9.47 Å². The summed E-state index contributed by atoms with van der Waals surface area (Å²) in [6.07, 6.45) is 0. The van der Waals surface area contributed by atoms with E-state index in [0.717, 1.165) is 0 Å². The molecule has 0 spiro atoms. The van der Waals surface area contributed by atoms with E-state index in [1.54, 1.807) is 7.11 Å². The fraction of sp³-hybridized carbons (Fsp3) is 0.889. The van der Waals surface area contributed by atoms with E-state index in [9.17, 15) is 0 Å². The van der Waals surface area contributed by atoms with E-state index < -0.39 is 0 Å². The summed E-state index contributed by atoms with van der Waals surface area (Å²) in [6.45, 7) is 6.45. The third-order valence-electron chi connectivity index (χ3n) is 1.53. The summed E-state index contributed by atoms with van der Waals surface area (Å²) in [5.74, 6) is 0.439. The Morgan fingerprint density at radius 3 is 2.73 bits per heavy atom. The maximum Gasteiger partial charge on any atom is 0.188 e. The van der Waals surface area contributed by atoms with Crippen LogP contribution < -0.4 is 11.1 Å². The van der Waals surface area contributed by atoms with E-state index in [2.05, 4.69) is 10.3 Å². The lowest BCUT2D eigenvalue weighted by Crippen LogP contribution is -2.40. The van der Waals surface area contributed by atoms with Gasteiger partial charge >= 0.3 is 0 Å². The van der Waals surface area contributed by atoms with Crippen molar-refractivity contribution in [2.75, 3.05) is 33.5 Å². The van der Waals surface area contributed by atoms with E-state index in [1.807, 2.05) is 13.8 Å². The number of rotatable bonds is 7. The SMILES string of the molecule is CCOCCN=C(N)NC(C)COC.I. The molecule has 0 aromatic rings. The van der Waals surface area contributed by atoms with Crippen LogP contribution in [0.1, 0.15) is 13.8 Å². The quantitative estimate of drug-likeness (QED) is 0.310. The second kappa shape index (κ2) is 12.0. The third-order valence-corrected chi connectivity index (χ3v) is 1.53. The zero-order chi connectivity index (χ0) is 10.8. The summed E-state index contributed by atoms with van der Waals surface area (Å²) in [5.41, 5.74) is 5.61. The van der Waals surface area contributed by atoms with Gasteiger partial charge in [0.2, 0.25) is 0 Å². The molecular weight excluding hydrogens is 309 g/mol. The number of ether oxygens (including phenoxy) is 2. The zero-order valence-electron chi connectivity index (χ0n) is 9.66. The van der Waals surface area contributed by atoms with Crippen LogP contribution >= 0.6 is 24.0 Å². The third kappa shape index (κ3) is 11.8. The molecule has 0 rings (SSSR count). The number of methoxy groups -OCH3 is 1. The van der Waals surface area contributed by atoms with Gasteiger partial charge in [-0.1, -0.05) is 0 Å². The first-order chi connectivity index (χ1) is 6.70. The summed E-state index contributed by atoms with van der Waals surface area (Å²) >= 11 is 0. The van der Waals surface area contributed by atoms with Crippen molar-refractivity contribution in [3.8, 4) is 0 Å². The number of hydrogen-bond donors (Lipinski definition) is 2. The van der Waals surface area contributed by atoms with Crippen LogP contribution in [0.15, 0.2) is 4.99 Å². The van der Waals surface area contributed by atoms with E-state index in [4.69, 9.17) is 15.2 Å². The Morgan fingerprint density at radius 1 is 1.53 bits per heavy atom. The van der Waals surface area contributed by atoms with Gasteiger partial charge < -0.3 is 20.5 Å². The van der Waals surface area contributed by atoms with Gasteiger partial charge in [-0.2, -0.15) is 0 Å². The normalized spacial score (nSPS) is 13.1. The molecule has 0 aliphatic rings. The van der Waals surface area contributed by atoms with Gasteiger partial charge in [-0.05, 0) is 13.8 Å². The summed E-state index contributed by atoms with van der Waals surface area (Å²) in [6, 6.07) is 0.177. The largest absolute Gasteiger partial charge is 0.383 e. The van der Waals surface area contributed by atoms with E-state index in [1.165, 1.54) is 0 Å². The fourth-order valence-corrected chi connectivity index (χ4v) is 0.965. The highest BCUT2D eigenvalue weighted by molar-refractivity contribution is 14.0. The molecule has 5 nitrogen and oxygen atoms in total. The van der Waals surface area contributed by atoms with Gasteiger partial charge in [-0.15, -0.1) is 24.0 Å². The minimum atomic E-state index is 0. The molecule has 92 valence electrons. The van der Waals surface area contributed by atoms with Crippen LogP contribution in [0.3, 0.4) is 0 Å². The minimum absolute atomic E-state index is 0. The van der Waals surface area contributed by atoms with E-state index in [0.29, 0.717) is 32.3 Å². The monoisotopic (exact) mass is 331 g/mol. The highest BCUT2D eigenvalue weighted by Crippen LogP contribution is 1.82. The lowest BCUT2D eigenvalue weighted by atomic mass is 10.4. The molecule has 1 atom stereocenters. The molecule has 0 aliphatic carbocycles. The van der Waals surface area contributed by atoms with Gasteiger partial charge in [-0.25, -0.2) is 0 Å². The van der Waals surface area contributed by atoms with Crippen LogP contribution in [0.2, 0.25) is 0 Å². The first-order valence-corrected chi connectivity index (χ1v) is 4.83. The lowest BCUT2D eigenvalue weighted by molar-refractivity contribution is 0.155. The number of aliphatic imine (C=N–C) groups is 1. The maximum absolute atomic E-state index is 5.61. The van der Waals surface area contributed by atoms with Crippen LogP contribution in [-0.4, -0.2) is 45.5 Å². The lowest BCUT2D eigenvalue weighted by Gasteiger charge is -2.12. The van der Waals surface area contributed by atoms with Gasteiger partial charge in [-0.3, -0.25) is 4.99 Å². The molecule has 6 heteroatoms. The first kappa shape index (κ1) is 17.3. The minimum Gasteiger partial charge on any atom is -0.383 e. The number of nitrogens with two attached hydrogens (primary N) is 1. The van der Waals surface area contributed by atoms with Crippen molar-refractivity contribution in [1.29, 1.82) is 0 Å². The summed E-state index contributed by atoms with van der Waals surface area (Å²) in [5, 5.41) is 3.00. The van der Waals surface area contributed by atoms with Gasteiger partial charge in [0.1, 0.15) is 0 Å². The molecule has 1 unspecified atom stereocenters. The van der Waals surface area contributed by atoms with Gasteiger partial charge in [0.25, 0.3) is 0 Å². The van der Waals surface area contributed by atoms with E-state index >= 15 is 0 Å². The van der Waals surface area contributed by atoms with E-state index in [-0.39, 0.29) is 30.0 Å². The van der Waals surface area contributed by atoms with Crippen molar-refractivity contribution in [2.45, 2.75) is 19.9 Å². The Kier molecular flexibility index (Phi) is 13.8. The molecule has 0 amide bonds. The van der Waals surface area contributed by atoms with Crippen LogP contribution in [0.4, 0.5) is 0 Å². The Hall–Kier alpha value is -0.0800. The Balaban J connectivity index is 0. The average Bonchev–Trinajstić information content (AvgIpc) is 2.13. The molecule has 15 heavy (non-hydrogen) atoms. The molecule has 0 radical (unpaired) electrons. The summed E-state index contributed by atoms with van der Waals surface area (Å²) < 4.78 is 10.1. The summed E-state index contributed by atoms with van der Waals surface area (Å²) in [4.78, 5) is 4.09. The topological polar surface area (TPSA) is 68.9 Å². The predicted octanol–water partition coefficient (Wildman–Crippen LogP) is 0.580. The second-order valence-corrected chi connectivity index (χ2v) is 2.96. The Morgan fingerprint density at radius 2 is 2.20 bits per heavy atom. The highest BCUT2D eigenvalue weighted by Gasteiger charge is 2.00. The van der Waals surface area contributed by atoms with Crippen LogP contribution in [0, 0.1) is 0 Å². The summed E-state index contributed by atoms with van der Waals surface area (Å²) in [7, 11) is 1.65. The fourth-order valence-electron chi connectivity index (χ4n) is 0.965. The average molecular weight is 331 g/mol. The van der Waals surface area contributed by atoms with Crippen molar-refractivity contribution in [3.05, 3.63) is 0 Å². The standard InChI is InChI=1S/C9H21N3O2.HI/c1-4-14-6-5-11-9(10)12-8(2)7-13-3;/h8H,4-7H2,1-3H3,(H3,10,11,12);1H. The van der Waals surface area contributed by atoms with Crippen molar-refractivity contribution >= 4 is 29.9 Å².